The van der Waals surface area contributed by atoms with Gasteiger partial charge in [0.2, 0.25) is 0 Å². The monoisotopic (exact) mass is 496 g/mol. The summed E-state index contributed by atoms with van der Waals surface area (Å²) in [4.78, 5) is 24.7. The van der Waals surface area contributed by atoms with Crippen molar-refractivity contribution in [3.8, 4) is 11.1 Å². The van der Waals surface area contributed by atoms with E-state index in [9.17, 15) is 19.1 Å². The van der Waals surface area contributed by atoms with Crippen LogP contribution < -0.4 is 0 Å². The quantitative estimate of drug-likeness (QED) is 0.299. The molecule has 4 aromatic rings. The van der Waals surface area contributed by atoms with E-state index in [2.05, 4.69) is 25.7 Å². The highest BCUT2D eigenvalue weighted by Crippen LogP contribution is 2.28. The number of ketones is 1. The molecule has 0 unspecified atom stereocenters. The van der Waals surface area contributed by atoms with Gasteiger partial charge in [0.1, 0.15) is 11.5 Å². The molecular formula is C24H22ClFN6O3. The first-order chi connectivity index (χ1) is 16.9. The van der Waals surface area contributed by atoms with Crippen LogP contribution in [-0.2, 0) is 17.8 Å². The minimum Gasteiger partial charge on any atom is -0.481 e. The lowest BCUT2D eigenvalue weighted by atomic mass is 9.85. The van der Waals surface area contributed by atoms with Crippen LogP contribution in [-0.4, -0.2) is 47.3 Å². The van der Waals surface area contributed by atoms with Crippen molar-refractivity contribution in [2.24, 2.45) is 11.8 Å². The third kappa shape index (κ3) is 6.36. The van der Waals surface area contributed by atoms with Crippen molar-refractivity contribution in [3.63, 3.8) is 0 Å². The van der Waals surface area contributed by atoms with Gasteiger partial charge in [0.25, 0.3) is 0 Å². The second-order valence-corrected chi connectivity index (χ2v) is 8.71. The van der Waals surface area contributed by atoms with E-state index in [0.29, 0.717) is 22.6 Å². The number of aromatic amines is 1. The Kier molecular flexibility index (Phi) is 7.61. The molecular weight excluding hydrogens is 475 g/mol. The van der Waals surface area contributed by atoms with Gasteiger partial charge in [-0.15, -0.1) is 5.10 Å². The summed E-state index contributed by atoms with van der Waals surface area (Å²) in [5.74, 6) is -2.66. The predicted octanol–water partition coefficient (Wildman–Crippen LogP) is 4.08. The number of Topliss-reactive ketones (excluding diaryl/α,β-unsaturated/α-hetero) is 1. The molecule has 0 saturated carbocycles. The summed E-state index contributed by atoms with van der Waals surface area (Å²) in [5.41, 5.74) is 2.14. The van der Waals surface area contributed by atoms with Crippen molar-refractivity contribution in [1.29, 1.82) is 0 Å². The topological polar surface area (TPSA) is 127 Å². The molecule has 0 aliphatic carbocycles. The largest absolute Gasteiger partial charge is 0.481 e. The summed E-state index contributed by atoms with van der Waals surface area (Å²) < 4.78 is 15.7. The number of benzene rings is 2. The fourth-order valence-electron chi connectivity index (χ4n) is 4.03. The fourth-order valence-corrected chi connectivity index (χ4v) is 4.20. The van der Waals surface area contributed by atoms with E-state index < -0.39 is 11.9 Å². The molecule has 0 radical (unpaired) electrons. The van der Waals surface area contributed by atoms with E-state index in [1.807, 2.05) is 12.1 Å². The molecule has 4 rings (SSSR count). The molecule has 0 aliphatic rings. The SMILES string of the molecule is O=C(C[C@H](Cc1ccc(-c2cc(Cl)ccc2F)cc1)C[C@@H](Cn1ccnn1)C(=O)O)c1cn[nH]n1. The Morgan fingerprint density at radius 3 is 2.63 bits per heavy atom. The molecule has 0 fully saturated rings. The van der Waals surface area contributed by atoms with E-state index in [1.165, 1.54) is 29.2 Å². The highest BCUT2D eigenvalue weighted by atomic mass is 35.5. The molecule has 180 valence electrons. The number of aromatic nitrogens is 6. The minimum atomic E-state index is -0.980. The predicted molar refractivity (Wildman–Crippen MR) is 125 cm³/mol. The average Bonchev–Trinajstić information content (AvgIpc) is 3.55. The first kappa shape index (κ1) is 24.2. The van der Waals surface area contributed by atoms with Crippen LogP contribution in [0.2, 0.25) is 5.02 Å². The van der Waals surface area contributed by atoms with Gasteiger partial charge in [-0.1, -0.05) is 41.1 Å². The molecule has 11 heteroatoms. The van der Waals surface area contributed by atoms with Gasteiger partial charge in [-0.05, 0) is 48.1 Å². The highest BCUT2D eigenvalue weighted by Gasteiger charge is 2.26. The van der Waals surface area contributed by atoms with Crippen molar-refractivity contribution in [2.45, 2.75) is 25.8 Å². The normalized spacial score (nSPS) is 12.9. The number of carbonyl (C=O) groups is 2. The summed E-state index contributed by atoms with van der Waals surface area (Å²) in [7, 11) is 0. The molecule has 2 aromatic heterocycles. The van der Waals surface area contributed by atoms with Crippen molar-refractivity contribution in [3.05, 3.63) is 83.2 Å². The molecule has 2 heterocycles. The molecule has 0 amide bonds. The van der Waals surface area contributed by atoms with Gasteiger partial charge in [0, 0.05) is 23.2 Å². The highest BCUT2D eigenvalue weighted by molar-refractivity contribution is 6.30. The van der Waals surface area contributed by atoms with Crippen LogP contribution >= 0.6 is 11.6 Å². The Hall–Kier alpha value is -3.92. The average molecular weight is 497 g/mol. The standard InChI is InChI=1S/C24H22ClFN6O3/c25-19-5-6-21(26)20(12-19)17-3-1-15(2-4-17)9-16(11-23(33)22-13-28-30-29-22)10-18(24(34)35)14-32-8-7-27-31-32/h1-8,12-13,16,18H,9-11,14H2,(H,34,35)(H,28,29,30)/t16-,18+/m1/s1. The van der Waals surface area contributed by atoms with E-state index in [-0.39, 0.29) is 42.6 Å². The first-order valence-corrected chi connectivity index (χ1v) is 11.3. The molecule has 0 saturated heterocycles. The zero-order valence-corrected chi connectivity index (χ0v) is 19.3. The summed E-state index contributed by atoms with van der Waals surface area (Å²) in [6.07, 6.45) is 5.20. The van der Waals surface area contributed by atoms with Crippen LogP contribution in [0.25, 0.3) is 11.1 Å². The summed E-state index contributed by atoms with van der Waals surface area (Å²) in [6, 6.07) is 11.6. The number of nitrogens with one attached hydrogen (secondary N) is 1. The first-order valence-electron chi connectivity index (χ1n) is 10.9. The van der Waals surface area contributed by atoms with Crippen LogP contribution in [0.4, 0.5) is 4.39 Å². The Labute approximate surface area is 204 Å². The number of hydrogen-bond donors (Lipinski definition) is 2. The summed E-state index contributed by atoms with van der Waals surface area (Å²) in [6.45, 7) is 0.136. The Balaban J connectivity index is 1.53. The molecule has 0 aliphatic heterocycles. The second-order valence-electron chi connectivity index (χ2n) is 8.27. The van der Waals surface area contributed by atoms with Crippen LogP contribution in [0.1, 0.15) is 28.9 Å². The van der Waals surface area contributed by atoms with Crippen molar-refractivity contribution < 1.29 is 19.1 Å². The molecule has 35 heavy (non-hydrogen) atoms. The van der Waals surface area contributed by atoms with Crippen LogP contribution in [0.5, 0.6) is 0 Å². The summed E-state index contributed by atoms with van der Waals surface area (Å²) >= 11 is 6.01. The third-order valence-corrected chi connectivity index (χ3v) is 5.97. The Bertz CT molecular complexity index is 1280. The lowest BCUT2D eigenvalue weighted by Gasteiger charge is -2.21. The molecule has 2 atom stereocenters. The number of rotatable bonds is 11. The van der Waals surface area contributed by atoms with E-state index in [0.717, 1.165) is 5.56 Å². The molecule has 0 spiro atoms. The minimum absolute atomic E-state index is 0.0956. The van der Waals surface area contributed by atoms with Crippen molar-refractivity contribution in [1.82, 2.24) is 30.4 Å². The maximum Gasteiger partial charge on any atom is 0.308 e. The maximum atomic E-state index is 14.2. The van der Waals surface area contributed by atoms with Crippen LogP contribution in [0, 0.1) is 17.7 Å². The Morgan fingerprint density at radius 2 is 1.97 bits per heavy atom. The molecule has 9 nitrogen and oxygen atoms in total. The van der Waals surface area contributed by atoms with Crippen molar-refractivity contribution >= 4 is 23.4 Å². The van der Waals surface area contributed by atoms with E-state index in [1.54, 1.807) is 24.4 Å². The number of nitrogens with zero attached hydrogens (tertiary/aromatic N) is 5. The summed E-state index contributed by atoms with van der Waals surface area (Å²) in [5, 5.41) is 27.7. The van der Waals surface area contributed by atoms with E-state index >= 15 is 0 Å². The smallest absolute Gasteiger partial charge is 0.308 e. The second kappa shape index (κ2) is 11.0. The van der Waals surface area contributed by atoms with Crippen LogP contribution in [0.3, 0.4) is 0 Å². The van der Waals surface area contributed by atoms with Crippen LogP contribution in [0.15, 0.2) is 61.1 Å². The number of halogens is 2. The number of carboxylic acids is 1. The Morgan fingerprint density at radius 1 is 1.17 bits per heavy atom. The molecule has 2 aromatic carbocycles. The third-order valence-electron chi connectivity index (χ3n) is 5.74. The van der Waals surface area contributed by atoms with E-state index in [4.69, 9.17) is 11.6 Å². The van der Waals surface area contributed by atoms with Gasteiger partial charge in [-0.3, -0.25) is 14.3 Å². The van der Waals surface area contributed by atoms with Gasteiger partial charge < -0.3 is 5.11 Å². The number of carbonyl (C=O) groups excluding carboxylic acids is 1. The number of hydrogen-bond acceptors (Lipinski definition) is 6. The van der Waals surface area contributed by atoms with Gasteiger partial charge in [0.05, 0.1) is 24.9 Å². The zero-order chi connectivity index (χ0) is 24.8. The van der Waals surface area contributed by atoms with Gasteiger partial charge in [-0.25, -0.2) is 4.39 Å². The molecule has 2 N–H and O–H groups in total. The number of H-pyrrole nitrogens is 1. The van der Waals surface area contributed by atoms with Gasteiger partial charge >= 0.3 is 5.97 Å². The lowest BCUT2D eigenvalue weighted by molar-refractivity contribution is -0.143. The lowest BCUT2D eigenvalue weighted by Crippen LogP contribution is -2.25. The van der Waals surface area contributed by atoms with Gasteiger partial charge in [0.15, 0.2) is 5.78 Å². The maximum absolute atomic E-state index is 14.2. The van der Waals surface area contributed by atoms with Gasteiger partial charge in [-0.2, -0.15) is 15.4 Å². The molecule has 0 bridgehead atoms. The fraction of sp³-hybridized carbons (Fsp3) is 0.250. The number of aliphatic carboxylic acids is 1. The number of carboxylic acid groups (broad SMARTS) is 1. The van der Waals surface area contributed by atoms with Crippen molar-refractivity contribution in [2.75, 3.05) is 0 Å². The zero-order valence-electron chi connectivity index (χ0n) is 18.5.